The molecular weight excluding hydrogens is 294 g/mol. The first-order chi connectivity index (χ1) is 11.3. The summed E-state index contributed by atoms with van der Waals surface area (Å²) in [5, 5.41) is 8.04. The molecule has 0 unspecified atom stereocenters. The summed E-state index contributed by atoms with van der Waals surface area (Å²) in [6, 6.07) is 4.38. The molecule has 1 aliphatic carbocycles. The van der Waals surface area contributed by atoms with E-state index in [9.17, 15) is 0 Å². The highest BCUT2D eigenvalue weighted by Crippen LogP contribution is 2.42. The summed E-state index contributed by atoms with van der Waals surface area (Å²) in [4.78, 5) is 0. The maximum absolute atomic E-state index is 5.49. The Kier molecular flexibility index (Phi) is 3.61. The normalized spacial score (nSPS) is 18.8. The molecule has 0 spiro atoms. The number of benzene rings is 1. The van der Waals surface area contributed by atoms with E-state index in [0.29, 0.717) is 11.8 Å². The number of methoxy groups -OCH3 is 1. The van der Waals surface area contributed by atoms with Gasteiger partial charge in [0.25, 0.3) is 0 Å². The van der Waals surface area contributed by atoms with Gasteiger partial charge in [-0.2, -0.15) is 5.10 Å². The number of aryl methyl sites for hydroxylation is 1. The van der Waals surface area contributed by atoms with Gasteiger partial charge in [-0.3, -0.25) is 4.68 Å². The standard InChI is InChI=1S/C17H21N3O3/c1-20-14-5-3-4-13(12(14)9-19-20)18-8-11-6-15(21-2)17-16(7-11)22-10-23-17/h6-7,9,13,18H,3-5,8,10H2,1-2H3/t13-/m1/s1. The number of ether oxygens (including phenoxy) is 3. The number of hydrogen-bond donors (Lipinski definition) is 1. The van der Waals surface area contributed by atoms with Gasteiger partial charge in [0.2, 0.25) is 12.5 Å². The van der Waals surface area contributed by atoms with E-state index in [1.807, 2.05) is 30.1 Å². The van der Waals surface area contributed by atoms with Crippen molar-refractivity contribution in [3.8, 4) is 17.2 Å². The van der Waals surface area contributed by atoms with Crippen LogP contribution in [0.4, 0.5) is 0 Å². The fourth-order valence-electron chi connectivity index (χ4n) is 3.45. The lowest BCUT2D eigenvalue weighted by Crippen LogP contribution is -2.24. The van der Waals surface area contributed by atoms with E-state index < -0.39 is 0 Å². The predicted octanol–water partition coefficient (Wildman–Crippen LogP) is 2.32. The fraction of sp³-hybridized carbons (Fsp3) is 0.471. The highest BCUT2D eigenvalue weighted by molar-refractivity contribution is 5.55. The largest absolute Gasteiger partial charge is 0.493 e. The van der Waals surface area contributed by atoms with Crippen LogP contribution >= 0.6 is 0 Å². The summed E-state index contributed by atoms with van der Waals surface area (Å²) < 4.78 is 18.3. The molecule has 1 aromatic heterocycles. The summed E-state index contributed by atoms with van der Waals surface area (Å²) in [5.41, 5.74) is 3.80. The molecule has 1 N–H and O–H groups in total. The Labute approximate surface area is 135 Å². The summed E-state index contributed by atoms with van der Waals surface area (Å²) in [5.74, 6) is 2.18. The molecule has 0 bridgehead atoms. The second kappa shape index (κ2) is 5.77. The number of fused-ring (bicyclic) bond motifs is 2. The average Bonchev–Trinajstić information content (AvgIpc) is 3.19. The molecule has 4 rings (SSSR count). The van der Waals surface area contributed by atoms with Crippen LogP contribution in [0.2, 0.25) is 0 Å². The van der Waals surface area contributed by atoms with Gasteiger partial charge in [0.15, 0.2) is 11.5 Å². The quantitative estimate of drug-likeness (QED) is 0.938. The molecular formula is C17H21N3O3. The van der Waals surface area contributed by atoms with E-state index in [1.54, 1.807) is 7.11 Å². The van der Waals surface area contributed by atoms with Gasteiger partial charge >= 0.3 is 0 Å². The third-order valence-electron chi connectivity index (χ3n) is 4.65. The lowest BCUT2D eigenvalue weighted by molar-refractivity contribution is 0.171. The van der Waals surface area contributed by atoms with Crippen molar-refractivity contribution < 1.29 is 14.2 Å². The highest BCUT2D eigenvalue weighted by Gasteiger charge is 2.24. The maximum Gasteiger partial charge on any atom is 0.231 e. The molecule has 2 heterocycles. The maximum atomic E-state index is 5.49. The number of rotatable bonds is 4. The molecule has 1 atom stereocenters. The smallest absolute Gasteiger partial charge is 0.231 e. The van der Waals surface area contributed by atoms with Gasteiger partial charge in [-0.05, 0) is 37.0 Å². The van der Waals surface area contributed by atoms with Crippen LogP contribution in [0.3, 0.4) is 0 Å². The SMILES string of the molecule is COc1cc(CN[C@@H]2CCCc3c2cnn3C)cc2c1OCO2. The average molecular weight is 315 g/mol. The highest BCUT2D eigenvalue weighted by atomic mass is 16.7. The molecule has 6 heteroatoms. The van der Waals surface area contributed by atoms with Gasteiger partial charge in [0.05, 0.1) is 13.3 Å². The fourth-order valence-corrected chi connectivity index (χ4v) is 3.45. The molecule has 0 amide bonds. The second-order valence-electron chi connectivity index (χ2n) is 6.03. The van der Waals surface area contributed by atoms with Crippen LogP contribution in [0, 0.1) is 0 Å². The zero-order valence-electron chi connectivity index (χ0n) is 13.5. The number of aromatic nitrogens is 2. The van der Waals surface area contributed by atoms with Gasteiger partial charge in [-0.1, -0.05) is 0 Å². The van der Waals surface area contributed by atoms with Crippen molar-refractivity contribution in [2.75, 3.05) is 13.9 Å². The van der Waals surface area contributed by atoms with Crippen LogP contribution in [0.5, 0.6) is 17.2 Å². The molecule has 23 heavy (non-hydrogen) atoms. The van der Waals surface area contributed by atoms with Crippen molar-refractivity contribution in [1.29, 1.82) is 0 Å². The monoisotopic (exact) mass is 315 g/mol. The predicted molar refractivity (Wildman–Crippen MR) is 84.8 cm³/mol. The van der Waals surface area contributed by atoms with Crippen molar-refractivity contribution in [2.45, 2.75) is 31.8 Å². The molecule has 2 aromatic rings. The van der Waals surface area contributed by atoms with Gasteiger partial charge < -0.3 is 19.5 Å². The first-order valence-electron chi connectivity index (χ1n) is 7.97. The van der Waals surface area contributed by atoms with E-state index in [1.165, 1.54) is 17.7 Å². The third kappa shape index (κ3) is 2.53. The lowest BCUT2D eigenvalue weighted by atomic mass is 9.93. The van der Waals surface area contributed by atoms with Crippen molar-refractivity contribution in [1.82, 2.24) is 15.1 Å². The van der Waals surface area contributed by atoms with Crippen LogP contribution in [0.1, 0.15) is 35.7 Å². The Morgan fingerprint density at radius 2 is 2.30 bits per heavy atom. The zero-order chi connectivity index (χ0) is 15.8. The topological polar surface area (TPSA) is 57.5 Å². The molecule has 0 fully saturated rings. The van der Waals surface area contributed by atoms with Crippen molar-refractivity contribution in [2.24, 2.45) is 7.05 Å². The number of nitrogens with one attached hydrogen (secondary N) is 1. The Balaban J connectivity index is 1.52. The zero-order valence-corrected chi connectivity index (χ0v) is 13.5. The third-order valence-corrected chi connectivity index (χ3v) is 4.65. The molecule has 0 saturated carbocycles. The first-order valence-corrected chi connectivity index (χ1v) is 7.97. The molecule has 0 radical (unpaired) electrons. The van der Waals surface area contributed by atoms with Gasteiger partial charge in [-0.25, -0.2) is 0 Å². The Bertz CT molecular complexity index is 726. The number of nitrogens with zero attached hydrogens (tertiary/aromatic N) is 2. The molecule has 1 aliphatic heterocycles. The van der Waals surface area contributed by atoms with Crippen LogP contribution in [0.25, 0.3) is 0 Å². The van der Waals surface area contributed by atoms with Gasteiger partial charge in [0.1, 0.15) is 0 Å². The van der Waals surface area contributed by atoms with E-state index in [0.717, 1.165) is 36.4 Å². The summed E-state index contributed by atoms with van der Waals surface area (Å²) in [7, 11) is 3.67. The van der Waals surface area contributed by atoms with Gasteiger partial charge in [-0.15, -0.1) is 0 Å². The molecule has 6 nitrogen and oxygen atoms in total. The molecule has 2 aliphatic rings. The minimum Gasteiger partial charge on any atom is -0.493 e. The van der Waals surface area contributed by atoms with Crippen molar-refractivity contribution in [3.63, 3.8) is 0 Å². The van der Waals surface area contributed by atoms with Crippen LogP contribution < -0.4 is 19.5 Å². The van der Waals surface area contributed by atoms with E-state index in [4.69, 9.17) is 14.2 Å². The molecule has 122 valence electrons. The van der Waals surface area contributed by atoms with E-state index in [2.05, 4.69) is 10.4 Å². The van der Waals surface area contributed by atoms with Crippen LogP contribution in [0.15, 0.2) is 18.3 Å². The minimum absolute atomic E-state index is 0.254. The Hall–Kier alpha value is -2.21. The Morgan fingerprint density at radius 3 is 3.17 bits per heavy atom. The van der Waals surface area contributed by atoms with Crippen molar-refractivity contribution in [3.05, 3.63) is 35.2 Å². The van der Waals surface area contributed by atoms with E-state index >= 15 is 0 Å². The van der Waals surface area contributed by atoms with E-state index in [-0.39, 0.29) is 6.79 Å². The van der Waals surface area contributed by atoms with Crippen LogP contribution in [-0.2, 0) is 20.0 Å². The van der Waals surface area contributed by atoms with Crippen LogP contribution in [-0.4, -0.2) is 23.7 Å². The number of hydrogen-bond acceptors (Lipinski definition) is 5. The lowest BCUT2D eigenvalue weighted by Gasteiger charge is -2.24. The summed E-state index contributed by atoms with van der Waals surface area (Å²) >= 11 is 0. The Morgan fingerprint density at radius 1 is 1.39 bits per heavy atom. The molecule has 1 aromatic carbocycles. The minimum atomic E-state index is 0.254. The van der Waals surface area contributed by atoms with Gasteiger partial charge in [0, 0.05) is 30.9 Å². The van der Waals surface area contributed by atoms with Crippen molar-refractivity contribution >= 4 is 0 Å². The summed E-state index contributed by atoms with van der Waals surface area (Å²) in [6.07, 6.45) is 5.43. The molecule has 0 saturated heterocycles. The second-order valence-corrected chi connectivity index (χ2v) is 6.03. The first kappa shape index (κ1) is 14.4. The summed E-state index contributed by atoms with van der Waals surface area (Å²) in [6.45, 7) is 1.01.